The molecule has 1 aliphatic carbocycles. The van der Waals surface area contributed by atoms with E-state index in [0.717, 1.165) is 37.0 Å². The Labute approximate surface area is 129 Å². The number of esters is 1. The molecule has 1 aromatic rings. The second-order valence-corrected chi connectivity index (χ2v) is 5.92. The lowest BCUT2D eigenvalue weighted by molar-refractivity contribution is -0.157. The first-order valence-corrected chi connectivity index (χ1v) is 7.73. The molecule has 22 heavy (non-hydrogen) atoms. The van der Waals surface area contributed by atoms with Gasteiger partial charge in [-0.05, 0) is 25.0 Å². The zero-order chi connectivity index (χ0) is 15.7. The molecule has 0 aromatic heterocycles. The van der Waals surface area contributed by atoms with Crippen LogP contribution in [0.4, 0.5) is 0 Å². The summed E-state index contributed by atoms with van der Waals surface area (Å²) in [5.41, 5.74) is 0.779. The number of ether oxygens (including phenoxy) is 1. The third-order valence-electron chi connectivity index (χ3n) is 4.42. The number of benzene rings is 1. The molecule has 0 radical (unpaired) electrons. The van der Waals surface area contributed by atoms with Crippen LogP contribution in [0.25, 0.3) is 0 Å². The van der Waals surface area contributed by atoms with E-state index in [2.05, 4.69) is 0 Å². The Morgan fingerprint density at radius 2 is 1.64 bits per heavy atom. The Morgan fingerprint density at radius 1 is 1.09 bits per heavy atom. The van der Waals surface area contributed by atoms with Crippen LogP contribution in [0.15, 0.2) is 24.3 Å². The van der Waals surface area contributed by atoms with Crippen molar-refractivity contribution in [3.8, 4) is 0 Å². The zero-order valence-corrected chi connectivity index (χ0v) is 12.6. The SMILES string of the molecule is CC(=O)OC(C1CCCCC1)N1C(=O)c2ccccc2C1=O. The molecular weight excluding hydrogens is 282 g/mol. The highest BCUT2D eigenvalue weighted by Crippen LogP contribution is 2.34. The molecule has 1 fully saturated rings. The van der Waals surface area contributed by atoms with Gasteiger partial charge in [0, 0.05) is 12.8 Å². The molecule has 5 heteroatoms. The van der Waals surface area contributed by atoms with Gasteiger partial charge in [-0.15, -0.1) is 0 Å². The highest BCUT2D eigenvalue weighted by atomic mass is 16.6. The number of fused-ring (bicyclic) bond motifs is 1. The van der Waals surface area contributed by atoms with Crippen molar-refractivity contribution in [3.05, 3.63) is 35.4 Å². The third-order valence-corrected chi connectivity index (χ3v) is 4.42. The lowest BCUT2D eigenvalue weighted by atomic mass is 9.87. The lowest BCUT2D eigenvalue weighted by Gasteiger charge is -2.34. The average molecular weight is 301 g/mol. The van der Waals surface area contributed by atoms with Crippen molar-refractivity contribution in [2.75, 3.05) is 0 Å². The molecule has 1 atom stereocenters. The molecule has 1 heterocycles. The van der Waals surface area contributed by atoms with Gasteiger partial charge in [0.1, 0.15) is 0 Å². The molecule has 2 aliphatic rings. The van der Waals surface area contributed by atoms with Crippen LogP contribution in [0.2, 0.25) is 0 Å². The minimum absolute atomic E-state index is 0.0277. The maximum atomic E-state index is 12.6. The summed E-state index contributed by atoms with van der Waals surface area (Å²) in [6.07, 6.45) is 4.16. The van der Waals surface area contributed by atoms with Crippen molar-refractivity contribution in [3.63, 3.8) is 0 Å². The highest BCUT2D eigenvalue weighted by molar-refractivity contribution is 6.21. The Bertz CT molecular complexity index is 584. The number of hydrogen-bond donors (Lipinski definition) is 0. The summed E-state index contributed by atoms with van der Waals surface area (Å²) in [6.45, 7) is 1.31. The second-order valence-electron chi connectivity index (χ2n) is 5.92. The van der Waals surface area contributed by atoms with Gasteiger partial charge < -0.3 is 4.74 Å². The Hall–Kier alpha value is -2.17. The fourth-order valence-corrected chi connectivity index (χ4v) is 3.39. The molecule has 0 saturated heterocycles. The van der Waals surface area contributed by atoms with E-state index in [4.69, 9.17) is 4.74 Å². The monoisotopic (exact) mass is 301 g/mol. The van der Waals surface area contributed by atoms with Gasteiger partial charge in [-0.1, -0.05) is 31.4 Å². The van der Waals surface area contributed by atoms with E-state index in [9.17, 15) is 14.4 Å². The van der Waals surface area contributed by atoms with Crippen LogP contribution < -0.4 is 0 Å². The molecule has 0 bridgehead atoms. The maximum absolute atomic E-state index is 12.6. The molecule has 0 spiro atoms. The molecule has 1 aliphatic heterocycles. The van der Waals surface area contributed by atoms with Crippen LogP contribution >= 0.6 is 0 Å². The van der Waals surface area contributed by atoms with Crippen molar-refractivity contribution in [2.24, 2.45) is 5.92 Å². The Balaban J connectivity index is 1.93. The molecule has 116 valence electrons. The van der Waals surface area contributed by atoms with Crippen LogP contribution in [0.3, 0.4) is 0 Å². The number of rotatable bonds is 3. The lowest BCUT2D eigenvalue weighted by Crippen LogP contribution is -2.47. The van der Waals surface area contributed by atoms with E-state index in [-0.39, 0.29) is 17.7 Å². The van der Waals surface area contributed by atoms with E-state index in [1.807, 2.05) is 0 Å². The second kappa shape index (κ2) is 5.91. The highest BCUT2D eigenvalue weighted by Gasteiger charge is 2.44. The van der Waals surface area contributed by atoms with Crippen LogP contribution in [0, 0.1) is 5.92 Å². The van der Waals surface area contributed by atoms with Gasteiger partial charge in [-0.3, -0.25) is 14.4 Å². The minimum Gasteiger partial charge on any atom is -0.441 e. The van der Waals surface area contributed by atoms with Crippen LogP contribution in [0.1, 0.15) is 59.7 Å². The van der Waals surface area contributed by atoms with Gasteiger partial charge in [0.2, 0.25) is 0 Å². The smallest absolute Gasteiger partial charge is 0.304 e. The molecule has 1 saturated carbocycles. The summed E-state index contributed by atoms with van der Waals surface area (Å²) in [7, 11) is 0. The predicted octanol–water partition coefficient (Wildman–Crippen LogP) is 2.75. The van der Waals surface area contributed by atoms with Gasteiger partial charge in [0.15, 0.2) is 6.23 Å². The van der Waals surface area contributed by atoms with E-state index in [0.29, 0.717) is 11.1 Å². The quantitative estimate of drug-likeness (QED) is 0.636. The number of imide groups is 1. The van der Waals surface area contributed by atoms with Crippen molar-refractivity contribution in [2.45, 2.75) is 45.3 Å². The molecule has 0 N–H and O–H groups in total. The van der Waals surface area contributed by atoms with Crippen LogP contribution in [0.5, 0.6) is 0 Å². The standard InChI is InChI=1S/C17H19NO4/c1-11(19)22-17(12-7-3-2-4-8-12)18-15(20)13-9-5-6-10-14(13)16(18)21/h5-6,9-10,12,17H,2-4,7-8H2,1H3. The van der Waals surface area contributed by atoms with Crippen molar-refractivity contribution in [1.82, 2.24) is 4.90 Å². The summed E-state index contributed by atoms with van der Waals surface area (Å²) in [6, 6.07) is 6.74. The topological polar surface area (TPSA) is 63.7 Å². The molecule has 1 unspecified atom stereocenters. The van der Waals surface area contributed by atoms with Crippen molar-refractivity contribution in [1.29, 1.82) is 0 Å². The van der Waals surface area contributed by atoms with E-state index in [1.54, 1.807) is 24.3 Å². The van der Waals surface area contributed by atoms with E-state index < -0.39 is 12.2 Å². The first kappa shape index (κ1) is 14.8. The third kappa shape index (κ3) is 2.51. The van der Waals surface area contributed by atoms with Gasteiger partial charge in [0.05, 0.1) is 11.1 Å². The first-order valence-electron chi connectivity index (χ1n) is 7.73. The summed E-state index contributed by atoms with van der Waals surface area (Å²) < 4.78 is 5.39. The fraction of sp³-hybridized carbons (Fsp3) is 0.471. The van der Waals surface area contributed by atoms with Crippen LogP contribution in [-0.4, -0.2) is 28.9 Å². The minimum atomic E-state index is -0.787. The van der Waals surface area contributed by atoms with Crippen LogP contribution in [-0.2, 0) is 9.53 Å². The summed E-state index contributed by atoms with van der Waals surface area (Å²) in [4.78, 5) is 37.8. The number of nitrogens with zero attached hydrogens (tertiary/aromatic N) is 1. The normalized spacial score (nSPS) is 20.0. The van der Waals surface area contributed by atoms with E-state index in [1.165, 1.54) is 6.92 Å². The predicted molar refractivity (Wildman–Crippen MR) is 79.1 cm³/mol. The summed E-state index contributed by atoms with van der Waals surface area (Å²) in [5.74, 6) is -1.16. The number of hydrogen-bond acceptors (Lipinski definition) is 4. The fourth-order valence-electron chi connectivity index (χ4n) is 3.39. The Kier molecular flexibility index (Phi) is 3.96. The summed E-state index contributed by atoms with van der Waals surface area (Å²) in [5, 5.41) is 0. The zero-order valence-electron chi connectivity index (χ0n) is 12.6. The van der Waals surface area contributed by atoms with Gasteiger partial charge >= 0.3 is 5.97 Å². The number of carbonyl (C=O) groups excluding carboxylic acids is 3. The van der Waals surface area contributed by atoms with Gasteiger partial charge in [-0.25, -0.2) is 4.90 Å². The molecule has 1 aromatic carbocycles. The average Bonchev–Trinajstić information content (AvgIpc) is 2.78. The number of carbonyl (C=O) groups is 3. The van der Waals surface area contributed by atoms with E-state index >= 15 is 0 Å². The molecule has 3 rings (SSSR count). The van der Waals surface area contributed by atoms with Gasteiger partial charge in [-0.2, -0.15) is 0 Å². The molecule has 2 amide bonds. The first-order chi connectivity index (χ1) is 10.6. The molecular formula is C17H19NO4. The van der Waals surface area contributed by atoms with Gasteiger partial charge in [0.25, 0.3) is 11.8 Å². The maximum Gasteiger partial charge on any atom is 0.304 e. The largest absolute Gasteiger partial charge is 0.441 e. The summed E-state index contributed by atoms with van der Waals surface area (Å²) >= 11 is 0. The van der Waals surface area contributed by atoms with Crippen molar-refractivity contribution >= 4 is 17.8 Å². The molecule has 5 nitrogen and oxygen atoms in total. The van der Waals surface area contributed by atoms with Crippen molar-refractivity contribution < 1.29 is 19.1 Å². The number of amides is 2. The Morgan fingerprint density at radius 3 is 2.14 bits per heavy atom.